The van der Waals surface area contributed by atoms with Crippen LogP contribution in [0.15, 0.2) is 0 Å². The van der Waals surface area contributed by atoms with Crippen LogP contribution < -0.4 is 20.4 Å². The van der Waals surface area contributed by atoms with Crippen molar-refractivity contribution in [2.45, 2.75) is 153 Å². The summed E-state index contributed by atoms with van der Waals surface area (Å²) in [5.41, 5.74) is 0. The van der Waals surface area contributed by atoms with Crippen molar-refractivity contribution in [2.24, 2.45) is 0 Å². The Labute approximate surface area is 197 Å². The summed E-state index contributed by atoms with van der Waals surface area (Å²) in [6.45, 7) is 0. The molecular weight excluding hydrogens is 423 g/mol. The van der Waals surface area contributed by atoms with E-state index < -0.39 is 7.82 Å². The Morgan fingerprint density at radius 1 is 0.531 bits per heavy atom. The molecule has 4 fully saturated rings. The Bertz CT molecular complexity index is 426. The van der Waals surface area contributed by atoms with Gasteiger partial charge in [0, 0.05) is 7.11 Å². The SMILES string of the molecule is C1CCC([NH2+]C2CCCCC2)CC1.C1CCC([NH2+]C2CCCCC2)CC1.COP(=O)([O-])[O-]. The molecule has 4 aliphatic carbocycles. The number of nitrogens with two attached hydrogens (primary N) is 2. The molecule has 0 amide bonds. The molecule has 32 heavy (non-hydrogen) atoms. The lowest BCUT2D eigenvalue weighted by Crippen LogP contribution is -2.95. The Morgan fingerprint density at radius 3 is 0.875 bits per heavy atom. The van der Waals surface area contributed by atoms with Crippen LogP contribution in [0.4, 0.5) is 0 Å². The Morgan fingerprint density at radius 2 is 0.719 bits per heavy atom. The van der Waals surface area contributed by atoms with Crippen molar-refractivity contribution >= 4 is 7.82 Å². The highest BCUT2D eigenvalue weighted by molar-refractivity contribution is 7.43. The van der Waals surface area contributed by atoms with Crippen LogP contribution in [0.2, 0.25) is 0 Å². The molecule has 4 N–H and O–H groups in total. The van der Waals surface area contributed by atoms with Gasteiger partial charge in [-0.25, -0.2) is 0 Å². The lowest BCUT2D eigenvalue weighted by molar-refractivity contribution is -0.726. The monoisotopic (exact) mass is 474 g/mol. The van der Waals surface area contributed by atoms with Crippen molar-refractivity contribution in [3.63, 3.8) is 0 Å². The van der Waals surface area contributed by atoms with Crippen LogP contribution in [0.1, 0.15) is 128 Å². The van der Waals surface area contributed by atoms with Crippen molar-refractivity contribution in [2.75, 3.05) is 7.11 Å². The molecule has 0 bridgehead atoms. The third-order valence-electron chi connectivity index (χ3n) is 7.91. The van der Waals surface area contributed by atoms with Gasteiger partial charge in [0.05, 0.1) is 32.0 Å². The van der Waals surface area contributed by atoms with Crippen molar-refractivity contribution in [1.82, 2.24) is 0 Å². The highest BCUT2D eigenvalue weighted by Crippen LogP contribution is 2.21. The summed E-state index contributed by atoms with van der Waals surface area (Å²) in [5, 5.41) is 5.44. The number of hydrogen-bond donors (Lipinski definition) is 2. The van der Waals surface area contributed by atoms with E-state index in [4.69, 9.17) is 0 Å². The first-order valence-corrected chi connectivity index (χ1v) is 15.2. The summed E-state index contributed by atoms with van der Waals surface area (Å²) in [4.78, 5) is 18.5. The molecule has 0 aromatic heterocycles. The molecule has 0 aromatic rings. The fraction of sp³-hybridized carbons (Fsp3) is 1.00. The molecule has 0 spiro atoms. The number of phosphoric acid groups is 1. The van der Waals surface area contributed by atoms with E-state index >= 15 is 0 Å². The average Bonchev–Trinajstić information content (AvgIpc) is 2.82. The maximum atomic E-state index is 9.25. The zero-order chi connectivity index (χ0) is 23.1. The standard InChI is InChI=1S/2C12H23N.CH5O4P/c2*1-3-7-11(8-4-1)13-12-9-5-2-6-10-12;1-5-6(2,3)4/h2*11-13H,1-10H2;1H3,(H2,2,3,4). The molecule has 0 saturated heterocycles. The first-order chi connectivity index (χ1) is 15.5. The Hall–Kier alpha value is 0.0300. The van der Waals surface area contributed by atoms with Gasteiger partial charge in [-0.05, 0) is 103 Å². The van der Waals surface area contributed by atoms with E-state index in [9.17, 15) is 14.4 Å². The number of hydrogen-bond acceptors (Lipinski definition) is 4. The van der Waals surface area contributed by atoms with E-state index in [2.05, 4.69) is 15.2 Å². The van der Waals surface area contributed by atoms with Crippen LogP contribution in [0.25, 0.3) is 0 Å². The minimum atomic E-state index is -4.65. The van der Waals surface area contributed by atoms with Crippen LogP contribution in [-0.4, -0.2) is 31.3 Å². The van der Waals surface area contributed by atoms with Crippen LogP contribution in [0, 0.1) is 0 Å². The molecular formula is C25H51N2O4P. The first kappa shape index (κ1) is 28.3. The van der Waals surface area contributed by atoms with Gasteiger partial charge in [0.25, 0.3) is 0 Å². The second kappa shape index (κ2) is 16.6. The van der Waals surface area contributed by atoms with Crippen molar-refractivity contribution < 1.29 is 29.5 Å². The molecule has 0 aliphatic heterocycles. The second-order valence-corrected chi connectivity index (χ2v) is 11.9. The number of rotatable bonds is 5. The van der Waals surface area contributed by atoms with Crippen LogP contribution in [0.3, 0.4) is 0 Å². The van der Waals surface area contributed by atoms with Crippen LogP contribution in [-0.2, 0) is 9.09 Å². The van der Waals surface area contributed by atoms with Gasteiger partial charge < -0.3 is 29.5 Å². The molecule has 0 aromatic carbocycles. The predicted octanol–water partition coefficient (Wildman–Crippen LogP) is 2.89. The molecule has 0 radical (unpaired) electrons. The molecule has 7 heteroatoms. The minimum absolute atomic E-state index is 0.820. The topological polar surface area (TPSA) is 106 Å². The summed E-state index contributed by atoms with van der Waals surface area (Å²) in [7, 11) is -3.83. The largest absolute Gasteiger partial charge is 0.790 e. The normalized spacial score (nSPS) is 24.7. The molecule has 4 saturated carbocycles. The van der Waals surface area contributed by atoms with E-state index in [1.54, 1.807) is 0 Å². The van der Waals surface area contributed by atoms with E-state index in [1.807, 2.05) is 0 Å². The summed E-state index contributed by atoms with van der Waals surface area (Å²) in [5.74, 6) is 0. The third-order valence-corrected chi connectivity index (χ3v) is 8.36. The molecule has 4 rings (SSSR count). The third kappa shape index (κ3) is 13.7. The van der Waals surface area contributed by atoms with E-state index in [0.717, 1.165) is 31.3 Å². The summed E-state index contributed by atoms with van der Waals surface area (Å²) >= 11 is 0. The van der Waals surface area contributed by atoms with Gasteiger partial charge >= 0.3 is 0 Å². The quantitative estimate of drug-likeness (QED) is 0.598. The number of quaternary nitrogens is 2. The highest BCUT2D eigenvalue weighted by Gasteiger charge is 2.23. The lowest BCUT2D eigenvalue weighted by Gasteiger charge is -2.27. The fourth-order valence-electron chi connectivity index (χ4n) is 6.08. The van der Waals surface area contributed by atoms with Gasteiger partial charge in [-0.1, -0.05) is 25.7 Å². The zero-order valence-electron chi connectivity index (χ0n) is 20.7. The van der Waals surface area contributed by atoms with Gasteiger partial charge in [-0.2, -0.15) is 0 Å². The van der Waals surface area contributed by atoms with Gasteiger partial charge in [-0.15, -0.1) is 0 Å². The van der Waals surface area contributed by atoms with Gasteiger partial charge in [0.1, 0.15) is 0 Å². The van der Waals surface area contributed by atoms with Crippen molar-refractivity contribution in [1.29, 1.82) is 0 Å². The first-order valence-electron chi connectivity index (χ1n) is 13.7. The minimum Gasteiger partial charge on any atom is -0.790 e. The van der Waals surface area contributed by atoms with Crippen LogP contribution in [0.5, 0.6) is 0 Å². The molecule has 0 heterocycles. The molecule has 190 valence electrons. The predicted molar refractivity (Wildman–Crippen MR) is 126 cm³/mol. The maximum absolute atomic E-state index is 9.25. The molecule has 6 nitrogen and oxygen atoms in total. The molecule has 0 atom stereocenters. The van der Waals surface area contributed by atoms with Crippen molar-refractivity contribution in [3.05, 3.63) is 0 Å². The van der Waals surface area contributed by atoms with Gasteiger partial charge in [0.15, 0.2) is 0 Å². The average molecular weight is 475 g/mol. The number of phosphoric ester groups is 1. The lowest BCUT2D eigenvalue weighted by atomic mass is 9.91. The zero-order valence-corrected chi connectivity index (χ0v) is 21.6. The van der Waals surface area contributed by atoms with Crippen molar-refractivity contribution in [3.8, 4) is 0 Å². The maximum Gasteiger partial charge on any atom is 0.0861 e. The van der Waals surface area contributed by atoms with E-state index in [0.29, 0.717) is 0 Å². The Kier molecular flexibility index (Phi) is 14.7. The smallest absolute Gasteiger partial charge is 0.0861 e. The van der Waals surface area contributed by atoms with Gasteiger partial charge in [-0.3, -0.25) is 0 Å². The van der Waals surface area contributed by atoms with Crippen LogP contribution >= 0.6 is 7.82 Å². The molecule has 0 unspecified atom stereocenters. The Balaban J connectivity index is 0.000000183. The van der Waals surface area contributed by atoms with Gasteiger partial charge in [0.2, 0.25) is 0 Å². The van der Waals surface area contributed by atoms with E-state index in [1.165, 1.54) is 128 Å². The fourth-order valence-corrected chi connectivity index (χ4v) is 6.08. The highest BCUT2D eigenvalue weighted by atomic mass is 31.2. The summed E-state index contributed by atoms with van der Waals surface area (Å²) in [6, 6.07) is 3.99. The van der Waals surface area contributed by atoms with E-state index in [-0.39, 0.29) is 0 Å². The molecule has 4 aliphatic rings. The second-order valence-electron chi connectivity index (χ2n) is 10.6. The summed E-state index contributed by atoms with van der Waals surface area (Å²) in [6.07, 6.45) is 29.9. The summed E-state index contributed by atoms with van der Waals surface area (Å²) < 4.78 is 12.6.